The number of phenolic OH excluding ortho intramolecular Hbond substituents is 1. The number of halogens is 2. The summed E-state index contributed by atoms with van der Waals surface area (Å²) < 4.78 is 16.3. The standard InChI is InChI=1S/C29H28Cl2N2O8/c30-21-5-3-6-22(31)20(21)15-39-19-10-8-17(9-11-19)14-23(29(37)38)33-28(36)26-25(40-16-41-26)27(35)32-13-12-18-4-1-2-7-24(18)34/h1-11,23,25-26,34H,12-16H2,(H,32,35)(H,33,36)(H,37,38)/t23-,25+,26+/m0/s1. The van der Waals surface area contributed by atoms with Crippen LogP contribution in [0.2, 0.25) is 10.0 Å². The van der Waals surface area contributed by atoms with Crippen molar-refractivity contribution in [1.82, 2.24) is 10.6 Å². The minimum absolute atomic E-state index is 0.0251. The number of phenols is 1. The number of hydrogen-bond acceptors (Lipinski definition) is 7. The maximum atomic E-state index is 12.9. The van der Waals surface area contributed by atoms with Crippen molar-refractivity contribution in [2.75, 3.05) is 13.3 Å². The van der Waals surface area contributed by atoms with E-state index in [9.17, 15) is 24.6 Å². The maximum Gasteiger partial charge on any atom is 0.326 e. The van der Waals surface area contributed by atoms with Gasteiger partial charge in [0.25, 0.3) is 11.8 Å². The molecule has 0 spiro atoms. The summed E-state index contributed by atoms with van der Waals surface area (Å²) in [6.45, 7) is 0.0420. The minimum atomic E-state index is -1.32. The van der Waals surface area contributed by atoms with Crippen molar-refractivity contribution in [2.24, 2.45) is 0 Å². The second-order valence-corrected chi connectivity index (χ2v) is 10.0. The summed E-state index contributed by atoms with van der Waals surface area (Å²) in [6, 6.07) is 17.3. The Labute approximate surface area is 246 Å². The van der Waals surface area contributed by atoms with Crippen LogP contribution in [0.1, 0.15) is 16.7 Å². The van der Waals surface area contributed by atoms with E-state index in [0.29, 0.717) is 38.9 Å². The second kappa shape index (κ2) is 14.2. The first-order valence-corrected chi connectivity index (χ1v) is 13.4. The zero-order chi connectivity index (χ0) is 29.4. The molecule has 41 heavy (non-hydrogen) atoms. The van der Waals surface area contributed by atoms with Crippen LogP contribution < -0.4 is 15.4 Å². The number of aliphatic carboxylic acids is 1. The Morgan fingerprint density at radius 1 is 0.927 bits per heavy atom. The fourth-order valence-electron chi connectivity index (χ4n) is 4.17. The third kappa shape index (κ3) is 8.11. The van der Waals surface area contributed by atoms with Crippen molar-refractivity contribution in [2.45, 2.75) is 37.7 Å². The van der Waals surface area contributed by atoms with Gasteiger partial charge in [-0.2, -0.15) is 0 Å². The van der Waals surface area contributed by atoms with E-state index in [2.05, 4.69) is 10.6 Å². The number of nitrogens with one attached hydrogen (secondary N) is 2. The quantitative estimate of drug-likeness (QED) is 0.247. The van der Waals surface area contributed by atoms with Crippen LogP contribution in [0.25, 0.3) is 0 Å². The van der Waals surface area contributed by atoms with E-state index in [1.54, 1.807) is 66.7 Å². The Morgan fingerprint density at radius 2 is 1.59 bits per heavy atom. The van der Waals surface area contributed by atoms with Crippen molar-refractivity contribution >= 4 is 41.0 Å². The molecule has 12 heteroatoms. The lowest BCUT2D eigenvalue weighted by Gasteiger charge is -2.20. The number of aromatic hydroxyl groups is 1. The highest BCUT2D eigenvalue weighted by atomic mass is 35.5. The van der Waals surface area contributed by atoms with E-state index >= 15 is 0 Å². The molecule has 0 bridgehead atoms. The van der Waals surface area contributed by atoms with Crippen molar-refractivity contribution in [3.63, 3.8) is 0 Å². The number of benzene rings is 3. The number of hydrogen-bond donors (Lipinski definition) is 4. The first-order valence-electron chi connectivity index (χ1n) is 12.7. The molecule has 1 heterocycles. The third-order valence-corrected chi connectivity index (χ3v) is 7.10. The lowest BCUT2D eigenvalue weighted by atomic mass is 10.0. The molecule has 216 valence electrons. The molecule has 1 aliphatic rings. The van der Waals surface area contributed by atoms with Crippen LogP contribution in [0.4, 0.5) is 0 Å². The van der Waals surface area contributed by atoms with Gasteiger partial charge in [0.1, 0.15) is 30.9 Å². The summed E-state index contributed by atoms with van der Waals surface area (Å²) in [5.41, 5.74) is 1.93. The summed E-state index contributed by atoms with van der Waals surface area (Å²) >= 11 is 12.3. The van der Waals surface area contributed by atoms with Crippen molar-refractivity contribution in [1.29, 1.82) is 0 Å². The average molecular weight is 603 g/mol. The van der Waals surface area contributed by atoms with Crippen molar-refractivity contribution < 1.29 is 38.8 Å². The lowest BCUT2D eigenvalue weighted by Crippen LogP contribution is -2.52. The number of rotatable bonds is 12. The van der Waals surface area contributed by atoms with Gasteiger partial charge < -0.3 is 35.1 Å². The zero-order valence-corrected chi connectivity index (χ0v) is 23.2. The lowest BCUT2D eigenvalue weighted by molar-refractivity contribution is -0.144. The fourth-order valence-corrected chi connectivity index (χ4v) is 4.67. The van der Waals surface area contributed by atoms with E-state index in [1.165, 1.54) is 0 Å². The molecular weight excluding hydrogens is 575 g/mol. The molecular formula is C29H28Cl2N2O8. The zero-order valence-electron chi connectivity index (χ0n) is 21.7. The monoisotopic (exact) mass is 602 g/mol. The number of carboxylic acid groups (broad SMARTS) is 1. The molecule has 3 atom stereocenters. The Hall–Kier alpha value is -3.83. The molecule has 10 nitrogen and oxygen atoms in total. The molecule has 3 aromatic rings. The molecule has 4 N–H and O–H groups in total. The van der Waals surface area contributed by atoms with Crippen LogP contribution in [-0.4, -0.2) is 59.6 Å². The van der Waals surface area contributed by atoms with Crippen LogP contribution in [0.5, 0.6) is 11.5 Å². The van der Waals surface area contributed by atoms with Crippen LogP contribution >= 0.6 is 23.2 Å². The molecule has 2 amide bonds. The highest BCUT2D eigenvalue weighted by Crippen LogP contribution is 2.26. The number of para-hydroxylation sites is 1. The van der Waals surface area contributed by atoms with E-state index in [1.807, 2.05) is 0 Å². The fraction of sp³-hybridized carbons (Fsp3) is 0.276. The summed E-state index contributed by atoms with van der Waals surface area (Å²) in [7, 11) is 0. The molecule has 1 saturated heterocycles. The predicted octanol–water partition coefficient (Wildman–Crippen LogP) is 3.49. The van der Waals surface area contributed by atoms with Crippen LogP contribution in [0.3, 0.4) is 0 Å². The molecule has 1 fully saturated rings. The molecule has 0 radical (unpaired) electrons. The van der Waals surface area contributed by atoms with Crippen LogP contribution in [-0.2, 0) is 43.3 Å². The van der Waals surface area contributed by atoms with Crippen molar-refractivity contribution in [3.8, 4) is 11.5 Å². The summed E-state index contributed by atoms with van der Waals surface area (Å²) in [5, 5.41) is 25.7. The van der Waals surface area contributed by atoms with Gasteiger partial charge in [0.05, 0.1) is 0 Å². The highest BCUT2D eigenvalue weighted by Gasteiger charge is 2.41. The Morgan fingerprint density at radius 3 is 2.24 bits per heavy atom. The van der Waals surface area contributed by atoms with Gasteiger partial charge in [-0.25, -0.2) is 4.79 Å². The largest absolute Gasteiger partial charge is 0.508 e. The number of ether oxygens (including phenoxy) is 3. The summed E-state index contributed by atoms with van der Waals surface area (Å²) in [6.07, 6.45) is -2.24. The predicted molar refractivity (Wildman–Crippen MR) is 150 cm³/mol. The molecule has 4 rings (SSSR count). The van der Waals surface area contributed by atoms with E-state index in [4.69, 9.17) is 37.4 Å². The third-order valence-electron chi connectivity index (χ3n) is 6.39. The topological polar surface area (TPSA) is 143 Å². The Balaban J connectivity index is 1.30. The van der Waals surface area contributed by atoms with Gasteiger partial charge in [0.15, 0.2) is 12.2 Å². The van der Waals surface area contributed by atoms with Crippen LogP contribution in [0, 0.1) is 0 Å². The number of carboxylic acids is 1. The maximum absolute atomic E-state index is 12.9. The molecule has 0 aliphatic carbocycles. The van der Waals surface area contributed by atoms with Gasteiger partial charge in [0, 0.05) is 28.6 Å². The Kier molecular flexibility index (Phi) is 10.4. The van der Waals surface area contributed by atoms with E-state index < -0.39 is 36.0 Å². The smallest absolute Gasteiger partial charge is 0.326 e. The SMILES string of the molecule is O=C(O)[C@H](Cc1ccc(OCc2c(Cl)cccc2Cl)cc1)NC(=O)[C@@H]1OCO[C@H]1C(=O)NCCc1ccccc1O. The number of carbonyl (C=O) groups excluding carboxylic acids is 2. The number of carbonyl (C=O) groups is 3. The Bertz CT molecular complexity index is 1370. The minimum Gasteiger partial charge on any atom is -0.508 e. The van der Waals surface area contributed by atoms with Gasteiger partial charge >= 0.3 is 5.97 Å². The van der Waals surface area contributed by atoms with Gasteiger partial charge in [-0.1, -0.05) is 59.6 Å². The summed E-state index contributed by atoms with van der Waals surface area (Å²) in [4.78, 5) is 37.5. The molecule has 1 aliphatic heterocycles. The summed E-state index contributed by atoms with van der Waals surface area (Å²) in [5.74, 6) is -1.99. The van der Waals surface area contributed by atoms with Crippen LogP contribution in [0.15, 0.2) is 66.7 Å². The normalized spacial score (nSPS) is 17.0. The molecule has 0 unspecified atom stereocenters. The molecule has 0 aromatic heterocycles. The average Bonchev–Trinajstić information content (AvgIpc) is 3.45. The first-order chi connectivity index (χ1) is 19.7. The van der Waals surface area contributed by atoms with Gasteiger partial charge in [0.2, 0.25) is 0 Å². The van der Waals surface area contributed by atoms with Crippen molar-refractivity contribution in [3.05, 3.63) is 93.5 Å². The van der Waals surface area contributed by atoms with E-state index in [0.717, 1.165) is 0 Å². The van der Waals surface area contributed by atoms with Gasteiger partial charge in [-0.15, -0.1) is 0 Å². The second-order valence-electron chi connectivity index (χ2n) is 9.20. The molecule has 3 aromatic carbocycles. The first kappa shape index (κ1) is 30.1. The number of amides is 2. The molecule has 0 saturated carbocycles. The van der Waals surface area contributed by atoms with E-state index in [-0.39, 0.29) is 32.1 Å². The highest BCUT2D eigenvalue weighted by molar-refractivity contribution is 6.35. The van der Waals surface area contributed by atoms with Gasteiger partial charge in [-0.05, 0) is 47.9 Å². The van der Waals surface area contributed by atoms with Gasteiger partial charge in [-0.3, -0.25) is 9.59 Å².